The number of benzene rings is 1. The minimum absolute atomic E-state index is 0.0942. The number of rotatable bonds is 3. The Hall–Kier alpha value is -2.15. The summed E-state index contributed by atoms with van der Waals surface area (Å²) in [6.07, 6.45) is 7.13. The molecule has 0 aromatic heterocycles. The zero-order valence-corrected chi connectivity index (χ0v) is 11.1. The van der Waals surface area contributed by atoms with E-state index in [-0.39, 0.29) is 18.6 Å². The molecule has 2 amide bonds. The number of hydrogen-bond acceptors (Lipinski definition) is 2. The second-order valence-electron chi connectivity index (χ2n) is 4.49. The molecule has 1 fully saturated rings. The first-order valence-electron chi connectivity index (χ1n) is 6.38. The van der Waals surface area contributed by atoms with Gasteiger partial charge in [-0.25, -0.2) is 4.79 Å². The number of nitrogens with one attached hydrogen (secondary N) is 1. The number of methoxy groups -OCH3 is 1. The summed E-state index contributed by atoms with van der Waals surface area (Å²) in [6, 6.07) is 7.87. The third kappa shape index (κ3) is 3.00. The molecule has 0 aliphatic carbocycles. The van der Waals surface area contributed by atoms with Gasteiger partial charge in [0.05, 0.1) is 19.7 Å². The average molecular weight is 258 g/mol. The smallest absolute Gasteiger partial charge is 0.318 e. The molecule has 19 heavy (non-hydrogen) atoms. The van der Waals surface area contributed by atoms with Crippen molar-refractivity contribution in [1.29, 1.82) is 0 Å². The lowest BCUT2D eigenvalue weighted by Gasteiger charge is -2.25. The van der Waals surface area contributed by atoms with Crippen molar-refractivity contribution >= 4 is 6.03 Å². The van der Waals surface area contributed by atoms with Crippen molar-refractivity contribution in [2.24, 2.45) is 0 Å². The van der Waals surface area contributed by atoms with Gasteiger partial charge < -0.3 is 15.0 Å². The molecule has 0 radical (unpaired) electrons. The van der Waals surface area contributed by atoms with E-state index in [1.807, 2.05) is 29.2 Å². The predicted octanol–water partition coefficient (Wildman–Crippen LogP) is 2.17. The Morgan fingerprint density at radius 3 is 3.21 bits per heavy atom. The number of nitrogens with zero attached hydrogens (tertiary/aromatic N) is 1. The molecule has 1 aliphatic rings. The zero-order chi connectivity index (χ0) is 13.7. The van der Waals surface area contributed by atoms with Crippen LogP contribution in [-0.4, -0.2) is 31.1 Å². The fraction of sp³-hybridized carbons (Fsp3) is 0.400. The second-order valence-corrected chi connectivity index (χ2v) is 4.49. The summed E-state index contributed by atoms with van der Waals surface area (Å²) < 4.78 is 5.23. The molecule has 4 nitrogen and oxygen atoms in total. The molecule has 1 aromatic carbocycles. The van der Waals surface area contributed by atoms with E-state index in [4.69, 9.17) is 11.2 Å². The van der Waals surface area contributed by atoms with E-state index in [9.17, 15) is 4.79 Å². The maximum Gasteiger partial charge on any atom is 0.318 e. The topological polar surface area (TPSA) is 41.6 Å². The van der Waals surface area contributed by atoms with Crippen molar-refractivity contribution in [2.45, 2.75) is 18.9 Å². The van der Waals surface area contributed by atoms with Gasteiger partial charge in [0.1, 0.15) is 5.75 Å². The minimum atomic E-state index is -0.0942. The highest BCUT2D eigenvalue weighted by atomic mass is 16.5. The van der Waals surface area contributed by atoms with Crippen molar-refractivity contribution in [1.82, 2.24) is 10.2 Å². The van der Waals surface area contributed by atoms with Crippen LogP contribution in [0.15, 0.2) is 24.3 Å². The normalized spacial score (nSPS) is 17.9. The predicted molar refractivity (Wildman–Crippen MR) is 73.9 cm³/mol. The van der Waals surface area contributed by atoms with Crippen LogP contribution in [0.1, 0.15) is 24.4 Å². The molecule has 0 bridgehead atoms. The maximum atomic E-state index is 12.0. The van der Waals surface area contributed by atoms with E-state index in [1.54, 1.807) is 7.11 Å². The van der Waals surface area contributed by atoms with Crippen LogP contribution in [0, 0.1) is 12.3 Å². The Morgan fingerprint density at radius 1 is 1.63 bits per heavy atom. The largest absolute Gasteiger partial charge is 0.497 e. The summed E-state index contributed by atoms with van der Waals surface area (Å²) in [6.45, 7) is 1.03. The second kappa shape index (κ2) is 6.14. The summed E-state index contributed by atoms with van der Waals surface area (Å²) in [5.74, 6) is 3.23. The number of carbonyl (C=O) groups is 1. The zero-order valence-electron chi connectivity index (χ0n) is 11.1. The first-order chi connectivity index (χ1) is 9.26. The molecule has 1 heterocycles. The molecular formula is C15H18N2O2. The fourth-order valence-electron chi connectivity index (χ4n) is 2.43. The fourth-order valence-corrected chi connectivity index (χ4v) is 2.43. The molecule has 1 N–H and O–H groups in total. The van der Waals surface area contributed by atoms with E-state index < -0.39 is 0 Å². The number of hydrogen-bond donors (Lipinski definition) is 1. The van der Waals surface area contributed by atoms with E-state index in [0.29, 0.717) is 0 Å². The molecule has 1 saturated heterocycles. The first kappa shape index (κ1) is 13.3. The summed E-state index contributed by atoms with van der Waals surface area (Å²) in [7, 11) is 1.64. The third-order valence-corrected chi connectivity index (χ3v) is 3.33. The SMILES string of the molecule is C#CCNC(=O)N1CCC[C@@H]1c1cccc(OC)c1. The van der Waals surface area contributed by atoms with E-state index in [1.165, 1.54) is 0 Å². The lowest BCUT2D eigenvalue weighted by Crippen LogP contribution is -2.39. The summed E-state index contributed by atoms with van der Waals surface area (Å²) in [5, 5.41) is 2.72. The van der Waals surface area contributed by atoms with Crippen LogP contribution in [-0.2, 0) is 0 Å². The highest BCUT2D eigenvalue weighted by Crippen LogP contribution is 2.33. The van der Waals surface area contributed by atoms with Gasteiger partial charge in [-0.05, 0) is 30.5 Å². The van der Waals surface area contributed by atoms with Crippen molar-refractivity contribution in [2.75, 3.05) is 20.2 Å². The molecular weight excluding hydrogens is 240 g/mol. The van der Waals surface area contributed by atoms with Gasteiger partial charge in [-0.15, -0.1) is 6.42 Å². The van der Waals surface area contributed by atoms with Gasteiger partial charge in [0.2, 0.25) is 0 Å². The van der Waals surface area contributed by atoms with Crippen LogP contribution in [0.25, 0.3) is 0 Å². The summed E-state index contributed by atoms with van der Waals surface area (Å²) in [5.41, 5.74) is 1.10. The molecule has 2 rings (SSSR count). The van der Waals surface area contributed by atoms with Crippen molar-refractivity contribution in [3.63, 3.8) is 0 Å². The number of likely N-dealkylation sites (tertiary alicyclic amines) is 1. The van der Waals surface area contributed by atoms with Crippen LogP contribution in [0.4, 0.5) is 4.79 Å². The van der Waals surface area contributed by atoms with Crippen LogP contribution in [0.5, 0.6) is 5.75 Å². The van der Waals surface area contributed by atoms with Gasteiger partial charge in [-0.1, -0.05) is 18.1 Å². The van der Waals surface area contributed by atoms with Crippen molar-refractivity contribution < 1.29 is 9.53 Å². The summed E-state index contributed by atoms with van der Waals surface area (Å²) >= 11 is 0. The van der Waals surface area contributed by atoms with Gasteiger partial charge >= 0.3 is 6.03 Å². The van der Waals surface area contributed by atoms with E-state index in [2.05, 4.69) is 11.2 Å². The number of terminal acetylenes is 1. The van der Waals surface area contributed by atoms with Crippen molar-refractivity contribution in [3.05, 3.63) is 29.8 Å². The third-order valence-electron chi connectivity index (χ3n) is 3.33. The van der Waals surface area contributed by atoms with E-state index >= 15 is 0 Å². The molecule has 1 aliphatic heterocycles. The standard InChI is InChI=1S/C15H18N2O2/c1-3-9-16-15(18)17-10-5-8-14(17)12-6-4-7-13(11-12)19-2/h1,4,6-7,11,14H,5,8-10H2,2H3,(H,16,18)/t14-/m1/s1. The highest BCUT2D eigenvalue weighted by molar-refractivity contribution is 5.75. The minimum Gasteiger partial charge on any atom is -0.497 e. The molecule has 0 saturated carbocycles. The van der Waals surface area contributed by atoms with Gasteiger partial charge in [0.15, 0.2) is 0 Å². The number of amides is 2. The van der Waals surface area contributed by atoms with Crippen LogP contribution >= 0.6 is 0 Å². The number of urea groups is 1. The summed E-state index contributed by atoms with van der Waals surface area (Å²) in [4.78, 5) is 13.9. The molecule has 1 atom stereocenters. The van der Waals surface area contributed by atoms with Crippen molar-refractivity contribution in [3.8, 4) is 18.1 Å². The van der Waals surface area contributed by atoms with Crippen LogP contribution < -0.4 is 10.1 Å². The lowest BCUT2D eigenvalue weighted by molar-refractivity contribution is 0.194. The molecule has 0 unspecified atom stereocenters. The van der Waals surface area contributed by atoms with Gasteiger partial charge in [0.25, 0.3) is 0 Å². The van der Waals surface area contributed by atoms with Gasteiger partial charge in [-0.3, -0.25) is 0 Å². The molecule has 0 spiro atoms. The Morgan fingerprint density at radius 2 is 2.47 bits per heavy atom. The first-order valence-corrected chi connectivity index (χ1v) is 6.38. The Kier molecular flexibility index (Phi) is 4.30. The highest BCUT2D eigenvalue weighted by Gasteiger charge is 2.29. The Labute approximate surface area is 113 Å². The molecule has 100 valence electrons. The molecule has 4 heteroatoms. The van der Waals surface area contributed by atoms with Gasteiger partial charge in [0, 0.05) is 6.54 Å². The maximum absolute atomic E-state index is 12.0. The Bertz CT molecular complexity index is 493. The quantitative estimate of drug-likeness (QED) is 0.844. The number of carbonyl (C=O) groups excluding carboxylic acids is 1. The van der Waals surface area contributed by atoms with Crippen LogP contribution in [0.2, 0.25) is 0 Å². The monoisotopic (exact) mass is 258 g/mol. The molecule has 1 aromatic rings. The lowest BCUT2D eigenvalue weighted by atomic mass is 10.0. The van der Waals surface area contributed by atoms with E-state index in [0.717, 1.165) is 30.7 Å². The average Bonchev–Trinajstić information content (AvgIpc) is 2.94. The van der Waals surface area contributed by atoms with Gasteiger partial charge in [-0.2, -0.15) is 0 Å². The van der Waals surface area contributed by atoms with Crippen LogP contribution in [0.3, 0.4) is 0 Å². The number of ether oxygens (including phenoxy) is 1. The Balaban J connectivity index is 2.13.